The number of benzene rings is 2. The Bertz CT molecular complexity index is 1600. The number of alkyl halides is 2. The fourth-order valence-electron chi connectivity index (χ4n) is 5.19. The second-order valence-electron chi connectivity index (χ2n) is 9.33. The van der Waals surface area contributed by atoms with Crippen molar-refractivity contribution in [1.29, 1.82) is 0 Å². The van der Waals surface area contributed by atoms with Gasteiger partial charge in [-0.25, -0.2) is 23.4 Å². The number of halogens is 2. The van der Waals surface area contributed by atoms with Crippen molar-refractivity contribution in [2.24, 2.45) is 7.05 Å². The van der Waals surface area contributed by atoms with Crippen LogP contribution in [-0.4, -0.2) is 51.6 Å². The first-order valence-electron chi connectivity index (χ1n) is 12.1. The monoisotopic (exact) mass is 519 g/mol. The molecule has 1 N–H and O–H groups in total. The van der Waals surface area contributed by atoms with Gasteiger partial charge in [0.15, 0.2) is 5.69 Å². The molecule has 2 aliphatic heterocycles. The van der Waals surface area contributed by atoms with Gasteiger partial charge in [-0.2, -0.15) is 5.10 Å². The largest absolute Gasteiger partial charge is 0.477 e. The Morgan fingerprint density at radius 3 is 2.66 bits per heavy atom. The maximum absolute atomic E-state index is 14.3. The van der Waals surface area contributed by atoms with Gasteiger partial charge in [0, 0.05) is 47.7 Å². The van der Waals surface area contributed by atoms with Crippen LogP contribution in [0.4, 0.5) is 30.8 Å². The molecule has 0 unspecified atom stereocenters. The molecule has 11 heteroatoms. The summed E-state index contributed by atoms with van der Waals surface area (Å²) in [6.45, 7) is 1.12. The van der Waals surface area contributed by atoms with E-state index in [4.69, 9.17) is 4.74 Å². The van der Waals surface area contributed by atoms with Crippen molar-refractivity contribution >= 4 is 40.0 Å². The topological polar surface area (TPSA) is 101 Å². The van der Waals surface area contributed by atoms with E-state index in [0.717, 1.165) is 5.56 Å². The van der Waals surface area contributed by atoms with Crippen LogP contribution >= 0.6 is 0 Å². The van der Waals surface area contributed by atoms with Crippen molar-refractivity contribution in [2.75, 3.05) is 29.5 Å². The van der Waals surface area contributed by atoms with Gasteiger partial charge in [-0.05, 0) is 59.7 Å². The van der Waals surface area contributed by atoms with Crippen LogP contribution in [0.3, 0.4) is 0 Å². The van der Waals surface area contributed by atoms with Crippen LogP contribution in [0.5, 0.6) is 0 Å². The summed E-state index contributed by atoms with van der Waals surface area (Å²) in [5, 5.41) is 15.1. The number of carbonyl (C=O) groups is 2. The second-order valence-corrected chi connectivity index (χ2v) is 9.33. The number of aromatic carboxylic acids is 1. The number of hydrogen-bond donors (Lipinski definition) is 1. The zero-order valence-electron chi connectivity index (χ0n) is 20.4. The smallest absolute Gasteiger partial charge is 0.414 e. The van der Waals surface area contributed by atoms with Gasteiger partial charge in [-0.1, -0.05) is 6.07 Å². The van der Waals surface area contributed by atoms with Gasteiger partial charge < -0.3 is 14.7 Å². The summed E-state index contributed by atoms with van der Waals surface area (Å²) in [5.41, 5.74) is 2.72. The normalized spacial score (nSPS) is 15.3. The number of anilines is 3. The van der Waals surface area contributed by atoms with Crippen molar-refractivity contribution in [1.82, 2.24) is 14.8 Å². The van der Waals surface area contributed by atoms with Crippen molar-refractivity contribution < 1.29 is 28.2 Å². The van der Waals surface area contributed by atoms with Gasteiger partial charge >= 0.3 is 12.1 Å². The molecule has 4 aromatic rings. The lowest BCUT2D eigenvalue weighted by molar-refractivity contribution is 0.0690. The summed E-state index contributed by atoms with van der Waals surface area (Å²) in [4.78, 5) is 31.9. The molecule has 1 amide bonds. The summed E-state index contributed by atoms with van der Waals surface area (Å²) < 4.78 is 35.3. The lowest BCUT2D eigenvalue weighted by atomic mass is 9.93. The Kier molecular flexibility index (Phi) is 5.70. The lowest BCUT2D eigenvalue weighted by Gasteiger charge is -2.32. The highest BCUT2D eigenvalue weighted by atomic mass is 19.3. The van der Waals surface area contributed by atoms with Gasteiger partial charge in [0.2, 0.25) is 0 Å². The van der Waals surface area contributed by atoms with Crippen molar-refractivity contribution in [3.8, 4) is 11.1 Å². The molecule has 2 aliphatic rings. The van der Waals surface area contributed by atoms with Gasteiger partial charge in [-0.15, -0.1) is 0 Å². The highest BCUT2D eigenvalue weighted by molar-refractivity contribution is 6.02. The Morgan fingerprint density at radius 1 is 1.13 bits per heavy atom. The van der Waals surface area contributed by atoms with Gasteiger partial charge in [-0.3, -0.25) is 9.58 Å². The molecule has 38 heavy (non-hydrogen) atoms. The van der Waals surface area contributed by atoms with E-state index in [0.29, 0.717) is 65.0 Å². The summed E-state index contributed by atoms with van der Waals surface area (Å²) in [7, 11) is 1.73. The minimum atomic E-state index is -2.73. The Balaban J connectivity index is 1.55. The molecule has 9 nitrogen and oxygen atoms in total. The number of fused-ring (bicyclic) bond motifs is 2. The average Bonchev–Trinajstić information content (AvgIpc) is 3.54. The van der Waals surface area contributed by atoms with Crippen molar-refractivity contribution in [3.63, 3.8) is 0 Å². The zero-order chi connectivity index (χ0) is 26.6. The van der Waals surface area contributed by atoms with Crippen LogP contribution in [-0.2, 0) is 18.2 Å². The third kappa shape index (κ3) is 4.00. The molecule has 1 saturated heterocycles. The molecule has 0 radical (unpaired) electrons. The van der Waals surface area contributed by atoms with Gasteiger partial charge in [0.1, 0.15) is 12.4 Å². The first-order chi connectivity index (χ1) is 18.3. The highest BCUT2D eigenvalue weighted by Gasteiger charge is 2.28. The number of aryl methyl sites for hydroxylation is 2. The zero-order valence-corrected chi connectivity index (χ0v) is 20.4. The van der Waals surface area contributed by atoms with Crippen LogP contribution in [0, 0.1) is 0 Å². The number of rotatable bonds is 5. The van der Waals surface area contributed by atoms with E-state index < -0.39 is 18.5 Å². The average molecular weight is 520 g/mol. The van der Waals surface area contributed by atoms with Crippen molar-refractivity contribution in [2.45, 2.75) is 19.3 Å². The lowest BCUT2D eigenvalue weighted by Crippen LogP contribution is -2.27. The third-order valence-corrected chi connectivity index (χ3v) is 6.96. The van der Waals surface area contributed by atoms with E-state index in [-0.39, 0.29) is 17.9 Å². The van der Waals surface area contributed by atoms with E-state index >= 15 is 0 Å². The summed E-state index contributed by atoms with van der Waals surface area (Å²) >= 11 is 0. The standard InChI is InChI=1S/C27H23F2N5O4/c1-32-14-17(13-30-32)19-9-16-3-2-6-34(23(16)12-21(19)24(28)29)25-20-11-18(33-7-8-38-27(33)37)5-4-15(20)10-22(31-25)26(35)36/h4-5,9-14,24H,2-3,6-8H2,1H3,(H,35,36). The minimum absolute atomic E-state index is 0.136. The van der Waals surface area contributed by atoms with Crippen LogP contribution in [0.25, 0.3) is 21.9 Å². The molecule has 2 aromatic carbocycles. The van der Waals surface area contributed by atoms with Crippen molar-refractivity contribution in [3.05, 3.63) is 65.6 Å². The molecule has 4 heterocycles. The number of amides is 1. The molecule has 0 atom stereocenters. The predicted molar refractivity (Wildman–Crippen MR) is 136 cm³/mol. The van der Waals surface area contributed by atoms with Gasteiger partial charge in [0.25, 0.3) is 6.43 Å². The molecule has 0 aliphatic carbocycles. The number of carboxylic acid groups (broad SMARTS) is 1. The fraction of sp³-hybridized carbons (Fsp3) is 0.259. The first-order valence-corrected chi connectivity index (χ1v) is 12.1. The molecule has 0 spiro atoms. The number of pyridine rings is 1. The number of carboxylic acids is 1. The van der Waals surface area contributed by atoms with E-state index in [9.17, 15) is 23.5 Å². The number of carbonyl (C=O) groups excluding carboxylic acids is 1. The Morgan fingerprint density at radius 2 is 1.97 bits per heavy atom. The minimum Gasteiger partial charge on any atom is -0.477 e. The van der Waals surface area contributed by atoms with E-state index in [1.165, 1.54) is 17.0 Å². The first kappa shape index (κ1) is 23.8. The third-order valence-electron chi connectivity index (χ3n) is 6.96. The number of cyclic esters (lactones) is 1. The Labute approximate surface area is 215 Å². The quantitative estimate of drug-likeness (QED) is 0.381. The molecular formula is C27H23F2N5O4. The molecule has 0 saturated carbocycles. The Hall–Kier alpha value is -4.54. The second kappa shape index (κ2) is 9.09. The summed E-state index contributed by atoms with van der Waals surface area (Å²) in [6.07, 6.45) is 1.45. The highest BCUT2D eigenvalue weighted by Crippen LogP contribution is 2.43. The number of nitrogens with zero attached hydrogens (tertiary/aromatic N) is 5. The van der Waals surface area contributed by atoms with E-state index in [1.54, 1.807) is 53.3 Å². The summed E-state index contributed by atoms with van der Waals surface area (Å²) in [6, 6.07) is 9.94. The predicted octanol–water partition coefficient (Wildman–Crippen LogP) is 5.31. The molecule has 0 bridgehead atoms. The summed E-state index contributed by atoms with van der Waals surface area (Å²) in [5.74, 6) is -0.859. The SMILES string of the molecule is Cn1cc(-c2cc3c(cc2C(F)F)N(c2nc(C(=O)O)cc4ccc(N5CCOC5=O)cc24)CCC3)cn1. The molecule has 194 valence electrons. The maximum Gasteiger partial charge on any atom is 0.414 e. The van der Waals surface area contributed by atoms with Crippen LogP contribution < -0.4 is 9.80 Å². The maximum atomic E-state index is 14.3. The van der Waals surface area contributed by atoms with Gasteiger partial charge in [0.05, 0.1) is 12.7 Å². The van der Waals surface area contributed by atoms with E-state index in [2.05, 4.69) is 10.1 Å². The van der Waals surface area contributed by atoms with Crippen LogP contribution in [0.1, 0.15) is 34.5 Å². The van der Waals surface area contributed by atoms with Crippen LogP contribution in [0.15, 0.2) is 48.8 Å². The molecule has 2 aromatic heterocycles. The fourth-order valence-corrected chi connectivity index (χ4v) is 5.19. The number of aromatic nitrogens is 3. The molecular weight excluding hydrogens is 496 g/mol. The number of ether oxygens (including phenoxy) is 1. The van der Waals surface area contributed by atoms with Crippen LogP contribution in [0.2, 0.25) is 0 Å². The number of hydrogen-bond acceptors (Lipinski definition) is 6. The van der Waals surface area contributed by atoms with E-state index in [1.807, 2.05) is 0 Å². The molecule has 6 rings (SSSR count). The molecule has 1 fully saturated rings.